The molecule has 0 amide bonds. The Bertz CT molecular complexity index is 430. The van der Waals surface area contributed by atoms with Gasteiger partial charge in [0, 0.05) is 11.4 Å². The predicted octanol–water partition coefficient (Wildman–Crippen LogP) is 1.56. The molecule has 74 valence electrons. The maximum atomic E-state index is 5.55. The van der Waals surface area contributed by atoms with Gasteiger partial charge in [-0.3, -0.25) is 0 Å². The van der Waals surface area contributed by atoms with Crippen molar-refractivity contribution in [3.63, 3.8) is 0 Å². The van der Waals surface area contributed by atoms with Crippen LogP contribution in [0.25, 0.3) is 10.8 Å². The van der Waals surface area contributed by atoms with E-state index in [2.05, 4.69) is 29.0 Å². The molecule has 2 rings (SSSR count). The second kappa shape index (κ2) is 3.38. The lowest BCUT2D eigenvalue weighted by Crippen LogP contribution is -2.01. The molecule has 0 radical (unpaired) electrons. The van der Waals surface area contributed by atoms with Crippen LogP contribution in [0, 0.1) is 0 Å². The molecule has 6 heteroatoms. The van der Waals surface area contributed by atoms with Gasteiger partial charge in [0.15, 0.2) is 10.8 Å². The highest BCUT2D eigenvalue weighted by Crippen LogP contribution is 2.24. The summed E-state index contributed by atoms with van der Waals surface area (Å²) in [6.45, 7) is 4.15. The van der Waals surface area contributed by atoms with Crippen LogP contribution >= 0.6 is 11.3 Å². The number of nitrogen functional groups attached to an aromatic ring is 1. The normalized spacial score (nSPS) is 11.1. The van der Waals surface area contributed by atoms with Crippen LogP contribution in [0.2, 0.25) is 0 Å². The Balaban J connectivity index is 2.46. The summed E-state index contributed by atoms with van der Waals surface area (Å²) in [7, 11) is 0. The van der Waals surface area contributed by atoms with Crippen molar-refractivity contribution in [3.05, 3.63) is 11.7 Å². The first-order valence-electron chi connectivity index (χ1n) is 4.29. The molecule has 14 heavy (non-hydrogen) atoms. The van der Waals surface area contributed by atoms with Crippen molar-refractivity contribution in [2.24, 2.45) is 0 Å². The zero-order chi connectivity index (χ0) is 10.1. The summed E-state index contributed by atoms with van der Waals surface area (Å²) in [6.07, 6.45) is 1.71. The number of aromatic nitrogens is 4. The fraction of sp³-hybridized carbons (Fsp3) is 0.375. The Morgan fingerprint density at radius 3 is 2.86 bits per heavy atom. The van der Waals surface area contributed by atoms with Gasteiger partial charge in [0.25, 0.3) is 0 Å². The molecular weight excluding hydrogens is 198 g/mol. The minimum absolute atomic E-state index is 0.324. The lowest BCUT2D eigenvalue weighted by atomic mass is 10.4. The molecule has 0 aromatic carbocycles. The Kier molecular flexibility index (Phi) is 2.20. The summed E-state index contributed by atoms with van der Waals surface area (Å²) >= 11 is 1.48. The second-order valence-electron chi connectivity index (χ2n) is 3.23. The Labute approximate surface area is 85.6 Å². The predicted molar refractivity (Wildman–Crippen MR) is 55.9 cm³/mol. The molecule has 2 N–H and O–H groups in total. The number of rotatable bonds is 2. The number of nitrogens with zero attached hydrogens (tertiary/aromatic N) is 4. The fourth-order valence-corrected chi connectivity index (χ4v) is 1.86. The van der Waals surface area contributed by atoms with Gasteiger partial charge in [-0.2, -0.15) is 0 Å². The smallest absolute Gasteiger partial charge is 0.193 e. The average Bonchev–Trinajstić information content (AvgIpc) is 2.70. The maximum absolute atomic E-state index is 5.55. The number of anilines is 1. The van der Waals surface area contributed by atoms with Crippen LogP contribution < -0.4 is 5.73 Å². The van der Waals surface area contributed by atoms with Crippen molar-refractivity contribution in [1.82, 2.24) is 19.7 Å². The SMILES string of the molecule is CC(C)n1cnnc1-c1nc(N)cs1. The molecule has 0 saturated carbocycles. The van der Waals surface area contributed by atoms with Gasteiger partial charge in [-0.1, -0.05) is 0 Å². The molecule has 0 aliphatic heterocycles. The van der Waals surface area contributed by atoms with Crippen molar-refractivity contribution in [1.29, 1.82) is 0 Å². The molecule has 0 aliphatic rings. The number of thiazole rings is 1. The molecule has 2 heterocycles. The van der Waals surface area contributed by atoms with E-state index in [1.54, 1.807) is 11.7 Å². The van der Waals surface area contributed by atoms with E-state index in [0.717, 1.165) is 10.8 Å². The Hall–Kier alpha value is -1.43. The molecule has 0 unspecified atom stereocenters. The molecule has 0 spiro atoms. The van der Waals surface area contributed by atoms with Crippen molar-refractivity contribution >= 4 is 17.2 Å². The van der Waals surface area contributed by atoms with Crippen LogP contribution in [0.15, 0.2) is 11.7 Å². The summed E-state index contributed by atoms with van der Waals surface area (Å²) in [4.78, 5) is 4.17. The molecular formula is C8H11N5S. The van der Waals surface area contributed by atoms with Crippen LogP contribution in [0.3, 0.4) is 0 Å². The molecule has 2 aromatic rings. The van der Waals surface area contributed by atoms with Crippen LogP contribution in [0.1, 0.15) is 19.9 Å². The third kappa shape index (κ3) is 1.48. The molecule has 2 aromatic heterocycles. The van der Waals surface area contributed by atoms with Crippen LogP contribution in [0.4, 0.5) is 5.82 Å². The molecule has 0 bridgehead atoms. The van der Waals surface area contributed by atoms with E-state index in [4.69, 9.17) is 5.73 Å². The topological polar surface area (TPSA) is 69.6 Å². The lowest BCUT2D eigenvalue weighted by Gasteiger charge is -2.07. The van der Waals surface area contributed by atoms with Gasteiger partial charge in [-0.25, -0.2) is 4.98 Å². The summed E-state index contributed by atoms with van der Waals surface area (Å²) in [5, 5.41) is 10.5. The van der Waals surface area contributed by atoms with Gasteiger partial charge in [0.2, 0.25) is 0 Å². The van der Waals surface area contributed by atoms with Gasteiger partial charge >= 0.3 is 0 Å². The van der Waals surface area contributed by atoms with Crippen LogP contribution in [-0.4, -0.2) is 19.7 Å². The zero-order valence-corrected chi connectivity index (χ0v) is 8.82. The maximum Gasteiger partial charge on any atom is 0.193 e. The lowest BCUT2D eigenvalue weighted by molar-refractivity contribution is 0.604. The van der Waals surface area contributed by atoms with E-state index in [9.17, 15) is 0 Å². The Morgan fingerprint density at radius 2 is 2.29 bits per heavy atom. The molecule has 5 nitrogen and oxygen atoms in total. The highest BCUT2D eigenvalue weighted by molar-refractivity contribution is 7.13. The van der Waals surface area contributed by atoms with E-state index < -0.39 is 0 Å². The molecule has 0 atom stereocenters. The standard InChI is InChI=1S/C8H11N5S/c1-5(2)13-4-10-12-7(13)8-11-6(9)3-14-8/h3-5H,9H2,1-2H3. The fourth-order valence-electron chi connectivity index (χ4n) is 1.16. The minimum Gasteiger partial charge on any atom is -0.383 e. The molecule has 0 saturated heterocycles. The first-order valence-corrected chi connectivity index (χ1v) is 5.17. The average molecular weight is 209 g/mol. The largest absolute Gasteiger partial charge is 0.383 e. The summed E-state index contributed by atoms with van der Waals surface area (Å²) in [5.74, 6) is 1.31. The van der Waals surface area contributed by atoms with E-state index in [0.29, 0.717) is 11.9 Å². The third-order valence-electron chi connectivity index (χ3n) is 1.84. The number of nitrogens with two attached hydrogens (primary N) is 1. The van der Waals surface area contributed by atoms with Crippen molar-refractivity contribution in [2.45, 2.75) is 19.9 Å². The quantitative estimate of drug-likeness (QED) is 0.815. The van der Waals surface area contributed by atoms with Crippen LogP contribution in [0.5, 0.6) is 0 Å². The highest BCUT2D eigenvalue weighted by Gasteiger charge is 2.12. The van der Waals surface area contributed by atoms with Crippen LogP contribution in [-0.2, 0) is 0 Å². The monoisotopic (exact) mass is 209 g/mol. The van der Waals surface area contributed by atoms with E-state index >= 15 is 0 Å². The first-order chi connectivity index (χ1) is 6.68. The highest BCUT2D eigenvalue weighted by atomic mass is 32.1. The molecule has 0 aliphatic carbocycles. The van der Waals surface area contributed by atoms with Crippen molar-refractivity contribution in [3.8, 4) is 10.8 Å². The van der Waals surface area contributed by atoms with Crippen molar-refractivity contribution < 1.29 is 0 Å². The molecule has 0 fully saturated rings. The number of hydrogen-bond acceptors (Lipinski definition) is 5. The van der Waals surface area contributed by atoms with Gasteiger partial charge in [0.1, 0.15) is 12.1 Å². The van der Waals surface area contributed by atoms with Gasteiger partial charge < -0.3 is 10.3 Å². The third-order valence-corrected chi connectivity index (χ3v) is 2.70. The van der Waals surface area contributed by atoms with E-state index in [-0.39, 0.29) is 0 Å². The first kappa shape index (κ1) is 9.14. The van der Waals surface area contributed by atoms with Gasteiger partial charge in [-0.05, 0) is 13.8 Å². The van der Waals surface area contributed by atoms with Crippen molar-refractivity contribution in [2.75, 3.05) is 5.73 Å². The van der Waals surface area contributed by atoms with Gasteiger partial charge in [-0.15, -0.1) is 21.5 Å². The van der Waals surface area contributed by atoms with E-state index in [1.165, 1.54) is 11.3 Å². The van der Waals surface area contributed by atoms with E-state index in [1.807, 2.05) is 4.57 Å². The summed E-state index contributed by atoms with van der Waals surface area (Å²) in [5.41, 5.74) is 5.55. The Morgan fingerprint density at radius 1 is 1.50 bits per heavy atom. The minimum atomic E-state index is 0.324. The summed E-state index contributed by atoms with van der Waals surface area (Å²) in [6, 6.07) is 0.324. The summed E-state index contributed by atoms with van der Waals surface area (Å²) < 4.78 is 1.97. The zero-order valence-electron chi connectivity index (χ0n) is 8.01. The second-order valence-corrected chi connectivity index (χ2v) is 4.09. The van der Waals surface area contributed by atoms with Gasteiger partial charge in [0.05, 0.1) is 0 Å². The number of hydrogen-bond donors (Lipinski definition) is 1.